The number of benzene rings is 2. The molecule has 0 radical (unpaired) electrons. The third kappa shape index (κ3) is 8.23. The fourth-order valence-corrected chi connectivity index (χ4v) is 3.05. The molecular formula is C24H27NO7. The van der Waals surface area contributed by atoms with E-state index in [2.05, 4.69) is 5.32 Å². The summed E-state index contributed by atoms with van der Waals surface area (Å²) in [5.41, 5.74) is 0.977. The molecule has 0 saturated carbocycles. The maximum absolute atomic E-state index is 12.5. The number of aliphatic hydroxyl groups is 1. The molecule has 2 aromatic rings. The number of carboxylic acids is 1. The van der Waals surface area contributed by atoms with E-state index in [-0.39, 0.29) is 19.1 Å². The summed E-state index contributed by atoms with van der Waals surface area (Å²) in [4.78, 5) is 35.4. The normalized spacial score (nSPS) is 12.7. The van der Waals surface area contributed by atoms with Gasteiger partial charge in [-0.2, -0.15) is 0 Å². The van der Waals surface area contributed by atoms with E-state index in [9.17, 15) is 14.4 Å². The van der Waals surface area contributed by atoms with Crippen molar-refractivity contribution in [1.82, 2.24) is 5.32 Å². The Balaban J connectivity index is 2.14. The Bertz CT molecular complexity index is 927. The molecule has 0 bridgehead atoms. The Morgan fingerprint density at radius 3 is 2.53 bits per heavy atom. The highest BCUT2D eigenvalue weighted by Crippen LogP contribution is 2.31. The highest BCUT2D eigenvalue weighted by Gasteiger charge is 2.25. The van der Waals surface area contributed by atoms with Gasteiger partial charge in [-0.05, 0) is 48.6 Å². The van der Waals surface area contributed by atoms with Gasteiger partial charge in [0.25, 0.3) is 5.91 Å². The van der Waals surface area contributed by atoms with Crippen LogP contribution in [0.15, 0.2) is 66.7 Å². The minimum Gasteiger partial charge on any atom is -0.491 e. The van der Waals surface area contributed by atoms with E-state index in [1.165, 1.54) is 6.08 Å². The van der Waals surface area contributed by atoms with Gasteiger partial charge in [0.05, 0.1) is 6.61 Å². The minimum absolute atomic E-state index is 0.122. The predicted molar refractivity (Wildman–Crippen MR) is 117 cm³/mol. The molecule has 170 valence electrons. The molecule has 0 aliphatic carbocycles. The molecule has 2 amide bonds. The van der Waals surface area contributed by atoms with Crippen molar-refractivity contribution in [3.8, 4) is 5.75 Å². The van der Waals surface area contributed by atoms with E-state index in [1.807, 2.05) is 6.92 Å². The quantitative estimate of drug-likeness (QED) is 0.454. The van der Waals surface area contributed by atoms with E-state index in [4.69, 9.17) is 19.7 Å². The summed E-state index contributed by atoms with van der Waals surface area (Å²) in [6.45, 7) is 1.85. The number of rotatable bonds is 11. The Morgan fingerprint density at radius 2 is 1.84 bits per heavy atom. The summed E-state index contributed by atoms with van der Waals surface area (Å²) in [5, 5.41) is 19.9. The van der Waals surface area contributed by atoms with E-state index >= 15 is 0 Å². The lowest BCUT2D eigenvalue weighted by molar-refractivity contribution is -0.131. The molecule has 2 rings (SSSR count). The lowest BCUT2D eigenvalue weighted by atomic mass is 9.93. The number of hydrogen-bond donors (Lipinski definition) is 3. The first-order chi connectivity index (χ1) is 15.4. The molecular weight excluding hydrogens is 414 g/mol. The number of carbonyl (C=O) groups is 3. The van der Waals surface area contributed by atoms with Gasteiger partial charge < -0.3 is 19.7 Å². The monoisotopic (exact) mass is 441 g/mol. The van der Waals surface area contributed by atoms with Gasteiger partial charge in [-0.25, -0.2) is 9.59 Å². The largest absolute Gasteiger partial charge is 0.491 e. The van der Waals surface area contributed by atoms with Crippen molar-refractivity contribution < 1.29 is 34.1 Å². The molecule has 3 N–H and O–H groups in total. The van der Waals surface area contributed by atoms with Crippen LogP contribution >= 0.6 is 0 Å². The number of amides is 2. The van der Waals surface area contributed by atoms with Crippen LogP contribution in [0, 0.1) is 5.92 Å². The van der Waals surface area contributed by atoms with Crippen LogP contribution in [0.3, 0.4) is 0 Å². The molecule has 8 heteroatoms. The molecule has 0 fully saturated rings. The zero-order valence-electron chi connectivity index (χ0n) is 17.8. The number of imide groups is 1. The molecule has 0 aliphatic rings. The molecule has 0 heterocycles. The third-order valence-electron chi connectivity index (χ3n) is 4.60. The minimum atomic E-state index is -1.03. The van der Waals surface area contributed by atoms with Crippen LogP contribution in [0.25, 0.3) is 0 Å². The standard InChI is InChI=1S/C24H27NO7/c1-17(8-5-6-13-21(27)28)22(19-11-7-12-20(16-19)31-15-14-26)32-24(30)25-23(29)18-9-3-2-4-10-18/h2-4,6-7,9-13,16-17,22,26H,5,8,14-15H2,1H3,(H,27,28)(H,25,29,30)/b13-6+/t17-,22+/m0/s1. The molecule has 0 aromatic heterocycles. The van der Waals surface area contributed by atoms with Crippen molar-refractivity contribution in [3.63, 3.8) is 0 Å². The number of aliphatic hydroxyl groups excluding tert-OH is 1. The number of alkyl carbamates (subject to hydrolysis) is 1. The van der Waals surface area contributed by atoms with Gasteiger partial charge in [-0.1, -0.05) is 43.3 Å². The first-order valence-electron chi connectivity index (χ1n) is 10.2. The van der Waals surface area contributed by atoms with E-state index in [0.29, 0.717) is 29.7 Å². The van der Waals surface area contributed by atoms with Crippen molar-refractivity contribution in [1.29, 1.82) is 0 Å². The number of ether oxygens (including phenoxy) is 2. The second-order valence-corrected chi connectivity index (χ2v) is 7.09. The molecule has 2 atom stereocenters. The summed E-state index contributed by atoms with van der Waals surface area (Å²) < 4.78 is 11.1. The van der Waals surface area contributed by atoms with Crippen molar-refractivity contribution in [3.05, 3.63) is 77.9 Å². The first kappa shape index (κ1) is 24.6. The Labute approximate surface area is 186 Å². The maximum atomic E-state index is 12.5. The summed E-state index contributed by atoms with van der Waals surface area (Å²) in [6.07, 6.45) is 2.01. The molecule has 0 saturated heterocycles. The van der Waals surface area contributed by atoms with Crippen LogP contribution in [0.4, 0.5) is 4.79 Å². The molecule has 32 heavy (non-hydrogen) atoms. The van der Waals surface area contributed by atoms with Crippen LogP contribution in [-0.2, 0) is 9.53 Å². The zero-order valence-corrected chi connectivity index (χ0v) is 17.8. The van der Waals surface area contributed by atoms with Crippen LogP contribution in [0.2, 0.25) is 0 Å². The smallest absolute Gasteiger partial charge is 0.414 e. The van der Waals surface area contributed by atoms with Gasteiger partial charge >= 0.3 is 12.1 Å². The second-order valence-electron chi connectivity index (χ2n) is 7.09. The summed E-state index contributed by atoms with van der Waals surface area (Å²) in [7, 11) is 0. The molecule has 0 unspecified atom stereocenters. The van der Waals surface area contributed by atoms with Gasteiger partial charge in [0, 0.05) is 11.6 Å². The first-order valence-corrected chi connectivity index (χ1v) is 10.2. The molecule has 0 aliphatic heterocycles. The maximum Gasteiger partial charge on any atom is 0.414 e. The van der Waals surface area contributed by atoms with Crippen LogP contribution in [0.1, 0.15) is 41.8 Å². The number of allylic oxidation sites excluding steroid dienone is 1. The Hall–Kier alpha value is -3.65. The average molecular weight is 441 g/mol. The molecule has 8 nitrogen and oxygen atoms in total. The van der Waals surface area contributed by atoms with Gasteiger partial charge in [0.2, 0.25) is 0 Å². The SMILES string of the molecule is C[C@@H](CC/C=C/C(=O)O)[C@@H](OC(=O)NC(=O)c1ccccc1)c1cccc(OCCO)c1. The third-order valence-corrected chi connectivity index (χ3v) is 4.60. The van der Waals surface area contributed by atoms with Gasteiger partial charge in [0.1, 0.15) is 18.5 Å². The number of carbonyl (C=O) groups excluding carboxylic acids is 2. The Kier molecular flexibility index (Phi) is 9.93. The van der Waals surface area contributed by atoms with Crippen LogP contribution in [0.5, 0.6) is 5.75 Å². The lowest BCUT2D eigenvalue weighted by Gasteiger charge is -2.25. The van der Waals surface area contributed by atoms with Gasteiger partial charge in [-0.15, -0.1) is 0 Å². The van der Waals surface area contributed by atoms with Crippen LogP contribution < -0.4 is 10.1 Å². The number of hydrogen-bond acceptors (Lipinski definition) is 6. The van der Waals surface area contributed by atoms with Gasteiger partial charge in [0.15, 0.2) is 0 Å². The fourth-order valence-electron chi connectivity index (χ4n) is 3.05. The van der Waals surface area contributed by atoms with Crippen molar-refractivity contribution >= 4 is 18.0 Å². The highest BCUT2D eigenvalue weighted by atomic mass is 16.6. The summed E-state index contributed by atoms with van der Waals surface area (Å²) in [6, 6.07) is 15.2. The summed E-state index contributed by atoms with van der Waals surface area (Å²) >= 11 is 0. The van der Waals surface area contributed by atoms with Crippen LogP contribution in [-0.4, -0.2) is 41.4 Å². The molecule has 2 aromatic carbocycles. The van der Waals surface area contributed by atoms with Crippen molar-refractivity contribution in [2.24, 2.45) is 5.92 Å². The van der Waals surface area contributed by atoms with E-state index < -0.39 is 24.1 Å². The van der Waals surface area contributed by atoms with E-state index in [1.54, 1.807) is 54.6 Å². The number of aliphatic carboxylic acids is 1. The lowest BCUT2D eigenvalue weighted by Crippen LogP contribution is -2.33. The average Bonchev–Trinajstić information content (AvgIpc) is 2.79. The van der Waals surface area contributed by atoms with E-state index in [0.717, 1.165) is 6.08 Å². The number of nitrogens with one attached hydrogen (secondary N) is 1. The van der Waals surface area contributed by atoms with Crippen molar-refractivity contribution in [2.45, 2.75) is 25.9 Å². The topological polar surface area (TPSA) is 122 Å². The van der Waals surface area contributed by atoms with Gasteiger partial charge in [-0.3, -0.25) is 10.1 Å². The summed E-state index contributed by atoms with van der Waals surface area (Å²) in [5.74, 6) is -1.30. The fraction of sp³-hybridized carbons (Fsp3) is 0.292. The Morgan fingerprint density at radius 1 is 1.09 bits per heavy atom. The predicted octanol–water partition coefficient (Wildman–Crippen LogP) is 3.72. The second kappa shape index (κ2) is 12.9. The highest BCUT2D eigenvalue weighted by molar-refractivity contribution is 6.02. The number of carboxylic acid groups (broad SMARTS) is 1. The zero-order chi connectivity index (χ0) is 23.3. The molecule has 0 spiro atoms. The van der Waals surface area contributed by atoms with Crippen molar-refractivity contribution in [2.75, 3.05) is 13.2 Å².